The van der Waals surface area contributed by atoms with Crippen LogP contribution in [0.1, 0.15) is 104 Å². The summed E-state index contributed by atoms with van der Waals surface area (Å²) in [6, 6.07) is 0. The molecule has 0 rings (SSSR count). The van der Waals surface area contributed by atoms with E-state index in [1.54, 1.807) is 0 Å². The van der Waals surface area contributed by atoms with Crippen molar-refractivity contribution in [2.45, 2.75) is 110 Å². The molecule has 0 aliphatic rings. The van der Waals surface area contributed by atoms with Crippen molar-refractivity contribution in [3.05, 3.63) is 12.2 Å². The molecule has 0 saturated heterocycles. The van der Waals surface area contributed by atoms with Crippen LogP contribution in [0.4, 0.5) is 0 Å². The Bertz CT molecular complexity index is 406. The molecular formula is C23H42O5. The number of aliphatic hydroxyl groups excluding tert-OH is 1. The van der Waals surface area contributed by atoms with Crippen LogP contribution in [0.25, 0.3) is 0 Å². The number of esters is 2. The van der Waals surface area contributed by atoms with Crippen LogP contribution in [-0.4, -0.2) is 36.4 Å². The van der Waals surface area contributed by atoms with Gasteiger partial charge in [0.15, 0.2) is 6.10 Å². The number of allylic oxidation sites excluding steroid dienone is 2. The summed E-state index contributed by atoms with van der Waals surface area (Å²) in [6.07, 6.45) is 20.0. The van der Waals surface area contributed by atoms with Crippen molar-refractivity contribution in [1.82, 2.24) is 0 Å². The first-order valence-electron chi connectivity index (χ1n) is 11.2. The summed E-state index contributed by atoms with van der Waals surface area (Å²) in [6.45, 7) is 3.09. The summed E-state index contributed by atoms with van der Waals surface area (Å²) in [4.78, 5) is 22.4. The second kappa shape index (κ2) is 20.4. The summed E-state index contributed by atoms with van der Waals surface area (Å²) in [5.74, 6) is -0.796. The molecule has 0 aliphatic heterocycles. The van der Waals surface area contributed by atoms with Crippen molar-refractivity contribution < 1.29 is 24.2 Å². The van der Waals surface area contributed by atoms with E-state index in [1.165, 1.54) is 64.7 Å². The third-order valence-electron chi connectivity index (χ3n) is 4.62. The highest BCUT2D eigenvalue weighted by Crippen LogP contribution is 2.10. The Morgan fingerprint density at radius 2 is 1.39 bits per heavy atom. The third kappa shape index (κ3) is 19.4. The van der Waals surface area contributed by atoms with Gasteiger partial charge in [-0.2, -0.15) is 0 Å². The maximum absolute atomic E-state index is 11.7. The Kier molecular flexibility index (Phi) is 19.4. The summed E-state index contributed by atoms with van der Waals surface area (Å²) in [5.41, 5.74) is 0. The van der Waals surface area contributed by atoms with E-state index in [0.29, 0.717) is 6.42 Å². The molecule has 0 radical (unpaired) electrons. The Balaban J connectivity index is 3.43. The number of rotatable bonds is 19. The molecule has 0 bridgehead atoms. The molecule has 1 atom stereocenters. The monoisotopic (exact) mass is 398 g/mol. The van der Waals surface area contributed by atoms with Crippen LogP contribution in [0.15, 0.2) is 12.2 Å². The highest BCUT2D eigenvalue weighted by molar-refractivity contribution is 5.69. The Morgan fingerprint density at radius 1 is 0.857 bits per heavy atom. The molecule has 0 amide bonds. The number of aliphatic hydroxyl groups is 1. The van der Waals surface area contributed by atoms with Crippen molar-refractivity contribution in [2.75, 3.05) is 13.2 Å². The molecule has 5 nitrogen and oxygen atoms in total. The predicted molar refractivity (Wildman–Crippen MR) is 113 cm³/mol. The van der Waals surface area contributed by atoms with E-state index in [4.69, 9.17) is 14.6 Å². The van der Waals surface area contributed by atoms with Gasteiger partial charge in [-0.05, 0) is 32.1 Å². The van der Waals surface area contributed by atoms with E-state index in [1.807, 2.05) is 0 Å². The molecule has 28 heavy (non-hydrogen) atoms. The van der Waals surface area contributed by atoms with Gasteiger partial charge in [-0.3, -0.25) is 9.59 Å². The zero-order valence-electron chi connectivity index (χ0n) is 18.1. The van der Waals surface area contributed by atoms with Crippen molar-refractivity contribution in [1.29, 1.82) is 0 Å². The minimum absolute atomic E-state index is 0.0933. The van der Waals surface area contributed by atoms with Crippen molar-refractivity contribution in [2.24, 2.45) is 0 Å². The molecule has 0 heterocycles. The van der Waals surface area contributed by atoms with E-state index < -0.39 is 12.1 Å². The smallest absolute Gasteiger partial charge is 0.306 e. The molecule has 0 fully saturated rings. The fourth-order valence-corrected chi connectivity index (χ4v) is 2.92. The summed E-state index contributed by atoms with van der Waals surface area (Å²) in [5, 5.41) is 9.12. The molecule has 164 valence electrons. The number of hydrogen-bond acceptors (Lipinski definition) is 5. The number of ether oxygens (including phenoxy) is 2. The van der Waals surface area contributed by atoms with Gasteiger partial charge in [0.25, 0.3) is 0 Å². The number of unbranched alkanes of at least 4 members (excludes halogenated alkanes) is 11. The van der Waals surface area contributed by atoms with Gasteiger partial charge in [0.05, 0.1) is 6.61 Å². The van der Waals surface area contributed by atoms with Crippen LogP contribution in [0.3, 0.4) is 0 Å². The van der Waals surface area contributed by atoms with Crippen LogP contribution in [0.2, 0.25) is 0 Å². The van der Waals surface area contributed by atoms with Gasteiger partial charge >= 0.3 is 11.9 Å². The maximum Gasteiger partial charge on any atom is 0.306 e. The zero-order chi connectivity index (χ0) is 20.9. The van der Waals surface area contributed by atoms with E-state index in [9.17, 15) is 9.59 Å². The van der Waals surface area contributed by atoms with Gasteiger partial charge in [0, 0.05) is 13.3 Å². The summed E-state index contributed by atoms with van der Waals surface area (Å²) >= 11 is 0. The molecule has 0 aromatic heterocycles. The van der Waals surface area contributed by atoms with Crippen molar-refractivity contribution in [3.8, 4) is 0 Å². The molecule has 1 unspecified atom stereocenters. The largest absolute Gasteiger partial charge is 0.462 e. The Labute approximate surface area is 171 Å². The second-order valence-electron chi connectivity index (χ2n) is 7.43. The van der Waals surface area contributed by atoms with Crippen molar-refractivity contribution >= 4 is 11.9 Å². The molecule has 1 N–H and O–H groups in total. The average molecular weight is 399 g/mol. The van der Waals surface area contributed by atoms with Gasteiger partial charge in [0.2, 0.25) is 0 Å². The maximum atomic E-state index is 11.7. The van der Waals surface area contributed by atoms with Crippen LogP contribution in [0.5, 0.6) is 0 Å². The lowest BCUT2D eigenvalue weighted by Crippen LogP contribution is -2.28. The number of carbonyl (C=O) groups is 2. The first kappa shape index (κ1) is 26.6. The van der Waals surface area contributed by atoms with Gasteiger partial charge in [-0.25, -0.2) is 0 Å². The molecule has 0 saturated carbocycles. The highest BCUT2D eigenvalue weighted by Gasteiger charge is 2.14. The van der Waals surface area contributed by atoms with Gasteiger partial charge in [-0.1, -0.05) is 70.4 Å². The molecule has 5 heteroatoms. The highest BCUT2D eigenvalue weighted by atomic mass is 16.6. The topological polar surface area (TPSA) is 72.8 Å². The van der Waals surface area contributed by atoms with Crippen LogP contribution >= 0.6 is 0 Å². The minimum Gasteiger partial charge on any atom is -0.462 e. The standard InChI is InChI=1S/C23H42O5/c1-3-4-5-6-7-8-9-10-11-12-13-14-15-16-17-18-23(26)28-22(19-24)20-27-21(2)25/h10-11,22,24H,3-9,12-20H2,1-2H3/b11-10-. The summed E-state index contributed by atoms with van der Waals surface area (Å²) in [7, 11) is 0. The van der Waals surface area contributed by atoms with Crippen LogP contribution < -0.4 is 0 Å². The van der Waals surface area contributed by atoms with Crippen LogP contribution in [0, 0.1) is 0 Å². The quantitative estimate of drug-likeness (QED) is 0.177. The molecule has 0 aliphatic carbocycles. The number of carbonyl (C=O) groups excluding carboxylic acids is 2. The van der Waals surface area contributed by atoms with Gasteiger partial charge in [0.1, 0.15) is 6.61 Å². The lowest BCUT2D eigenvalue weighted by atomic mass is 10.1. The van der Waals surface area contributed by atoms with Crippen molar-refractivity contribution in [3.63, 3.8) is 0 Å². The minimum atomic E-state index is -0.764. The zero-order valence-corrected chi connectivity index (χ0v) is 18.1. The molecule has 0 aromatic carbocycles. The first-order chi connectivity index (χ1) is 13.6. The van der Waals surface area contributed by atoms with E-state index in [-0.39, 0.29) is 19.2 Å². The average Bonchev–Trinajstić information content (AvgIpc) is 2.68. The predicted octanol–water partition coefficient (Wildman–Crippen LogP) is 5.49. The SMILES string of the molecule is CCCCCCCC/C=C\CCCCCCCC(=O)OC(CO)COC(C)=O. The normalized spacial score (nSPS) is 12.2. The van der Waals surface area contributed by atoms with E-state index >= 15 is 0 Å². The molecule has 0 spiro atoms. The summed E-state index contributed by atoms with van der Waals surface area (Å²) < 4.78 is 9.84. The number of hydrogen-bond donors (Lipinski definition) is 1. The first-order valence-corrected chi connectivity index (χ1v) is 11.2. The Hall–Kier alpha value is -1.36. The van der Waals surface area contributed by atoms with Gasteiger partial charge < -0.3 is 14.6 Å². The fourth-order valence-electron chi connectivity index (χ4n) is 2.92. The Morgan fingerprint density at radius 3 is 1.93 bits per heavy atom. The lowest BCUT2D eigenvalue weighted by molar-refractivity contribution is -0.160. The second-order valence-corrected chi connectivity index (χ2v) is 7.43. The lowest BCUT2D eigenvalue weighted by Gasteiger charge is -2.15. The van der Waals surface area contributed by atoms with Crippen LogP contribution in [-0.2, 0) is 19.1 Å². The molecular weight excluding hydrogens is 356 g/mol. The van der Waals surface area contributed by atoms with E-state index in [2.05, 4.69) is 19.1 Å². The molecule has 0 aromatic rings. The fraction of sp³-hybridized carbons (Fsp3) is 0.826. The third-order valence-corrected chi connectivity index (χ3v) is 4.62. The van der Waals surface area contributed by atoms with E-state index in [0.717, 1.165) is 25.7 Å². The van der Waals surface area contributed by atoms with Gasteiger partial charge in [-0.15, -0.1) is 0 Å².